The van der Waals surface area contributed by atoms with E-state index < -0.39 is 18.1 Å². The number of aromatic nitrogens is 6. The number of hydrogen-bond acceptors (Lipinski definition) is 17. The summed E-state index contributed by atoms with van der Waals surface area (Å²) in [5.41, 5.74) is 13.5. The quantitative estimate of drug-likeness (QED) is 0.0726. The van der Waals surface area contributed by atoms with Gasteiger partial charge >= 0.3 is 0 Å². The summed E-state index contributed by atoms with van der Waals surface area (Å²) >= 11 is 0. The molecule has 2 bridgehead atoms. The van der Waals surface area contributed by atoms with Gasteiger partial charge in [0.1, 0.15) is 30.4 Å². The molecule has 0 spiro atoms. The third-order valence-electron chi connectivity index (χ3n) is 16.5. The van der Waals surface area contributed by atoms with Gasteiger partial charge in [-0.05, 0) is 80.4 Å². The maximum absolute atomic E-state index is 14.3. The van der Waals surface area contributed by atoms with Crippen molar-refractivity contribution in [1.29, 1.82) is 0 Å². The minimum Gasteiger partial charge on any atom is -0.507 e. The number of para-hydroxylation sites is 1. The standard InChI is InChI=1S/C58H72N12O8/c1-34(2)54(58(74)69-32-42(71)25-49(69)57(73)62-35(3)37-10-12-38(13-11-37)55-36(4)61-33-66(55)5)51-29-53(65-78-51)75-23-22-67-20-17-43(18-21-67)76-44-26-45(27-44)77-52-24-39(16-19-60-52)70-40-14-15-41(70)31-68(30-40)48-28-47(63-64-56(48)59)46-8-6-7-9-50(46)72/h6-13,16,19,24,28-29,33-35,40-45,49,54,71-72H,14-15,17-18,20-23,25-27,30-32H2,1-5H3,(H2,59,64)(H,62,73)/t35-,40+,41?,42+,44?,45?,49-,54+/m0/s1. The van der Waals surface area contributed by atoms with E-state index in [2.05, 4.69) is 57.5 Å². The highest BCUT2D eigenvalue weighted by molar-refractivity contribution is 5.91. The third-order valence-corrected chi connectivity index (χ3v) is 16.5. The Balaban J connectivity index is 0.602. The minimum atomic E-state index is -0.837. The van der Waals surface area contributed by atoms with Crippen molar-refractivity contribution in [3.63, 3.8) is 0 Å². The van der Waals surface area contributed by atoms with Gasteiger partial charge in [0.05, 0.1) is 53.5 Å². The number of phenolic OH excluding ortho intramolecular Hbond substituents is 1. The molecule has 6 aromatic rings. The molecule has 4 aromatic heterocycles. The van der Waals surface area contributed by atoms with Crippen LogP contribution in [0.2, 0.25) is 0 Å². The molecule has 5 N–H and O–H groups in total. The molecule has 6 atom stereocenters. The minimum absolute atomic E-state index is 0.0487. The molecule has 11 rings (SSSR count). The van der Waals surface area contributed by atoms with Gasteiger partial charge in [-0.15, -0.1) is 10.2 Å². The number of nitrogens with one attached hydrogen (secondary N) is 1. The van der Waals surface area contributed by atoms with Crippen LogP contribution < -0.4 is 30.3 Å². The number of rotatable bonds is 18. The van der Waals surface area contributed by atoms with Crippen LogP contribution in [0.1, 0.15) is 94.7 Å². The number of aromatic hydroxyl groups is 1. The van der Waals surface area contributed by atoms with E-state index in [1.54, 1.807) is 24.5 Å². The molecule has 4 aliphatic heterocycles. The number of amides is 2. The average molecular weight is 1070 g/mol. The summed E-state index contributed by atoms with van der Waals surface area (Å²) in [5.74, 6) is 0.316. The van der Waals surface area contributed by atoms with E-state index >= 15 is 0 Å². The highest BCUT2D eigenvalue weighted by atomic mass is 16.5. The Morgan fingerprint density at radius 3 is 2.35 bits per heavy atom. The van der Waals surface area contributed by atoms with Crippen molar-refractivity contribution in [1.82, 2.24) is 45.0 Å². The zero-order valence-corrected chi connectivity index (χ0v) is 45.1. The molecule has 20 heteroatoms. The number of carbonyl (C=O) groups excluding carboxylic acids is 2. The number of nitrogen functional groups attached to an aromatic ring is 1. The number of β-amino-alcohol motifs (C(OH)–C–C–N with tert-alkyl or cyclic N) is 1. The van der Waals surface area contributed by atoms with Crippen molar-refractivity contribution in [2.45, 2.75) is 127 Å². The SMILES string of the molecule is Cc1ncn(C)c1-c1ccc([C@H](C)NC(=O)[C@@H]2C[C@@H](O)CN2C(=O)[C@@H](c2cc(OCCN3CCC(OC4CC(Oc5cc(N6C7CC[C@@H]6CN(c6cc(-c8ccccc8O)nnc6N)C7)ccn5)C4)CC3)no2)C(C)C)cc1. The number of fused-ring (bicyclic) bond motifs is 2. The van der Waals surface area contributed by atoms with Crippen LogP contribution >= 0.6 is 0 Å². The van der Waals surface area contributed by atoms with Crippen LogP contribution in [-0.4, -0.2) is 150 Å². The number of likely N-dealkylation sites (tertiary alicyclic amines) is 2. The molecule has 5 fully saturated rings. The molecular weight excluding hydrogens is 993 g/mol. The molecule has 20 nitrogen and oxygen atoms in total. The van der Waals surface area contributed by atoms with Crippen LogP contribution in [0.5, 0.6) is 17.5 Å². The summed E-state index contributed by atoms with van der Waals surface area (Å²) in [7, 11) is 1.96. The molecule has 0 radical (unpaired) electrons. The van der Waals surface area contributed by atoms with Crippen LogP contribution in [0.3, 0.4) is 0 Å². The fourth-order valence-electron chi connectivity index (χ4n) is 12.3. The molecule has 4 saturated heterocycles. The highest BCUT2D eigenvalue weighted by Crippen LogP contribution is 2.41. The normalized spacial score (nSPS) is 23.3. The molecule has 78 heavy (non-hydrogen) atoms. The summed E-state index contributed by atoms with van der Waals surface area (Å²) in [5, 5.41) is 37.0. The summed E-state index contributed by atoms with van der Waals surface area (Å²) in [6.07, 6.45) is 9.00. The number of piperidine rings is 1. The van der Waals surface area contributed by atoms with E-state index in [0.717, 1.165) is 98.6 Å². The van der Waals surface area contributed by atoms with Gasteiger partial charge < -0.3 is 59.3 Å². The average Bonchev–Trinajstić information content (AvgIpc) is 4.29. The van der Waals surface area contributed by atoms with E-state index in [9.17, 15) is 19.8 Å². The Bertz CT molecular complexity index is 3030. The monoisotopic (exact) mass is 1060 g/mol. The van der Waals surface area contributed by atoms with Crippen LogP contribution in [0.15, 0.2) is 89.8 Å². The number of carbonyl (C=O) groups is 2. The van der Waals surface area contributed by atoms with Crippen LogP contribution in [0.25, 0.3) is 22.5 Å². The van der Waals surface area contributed by atoms with Gasteiger partial charge in [0, 0.05) is 113 Å². The third kappa shape index (κ3) is 11.2. The number of anilines is 3. The predicted molar refractivity (Wildman–Crippen MR) is 293 cm³/mol. The molecule has 2 aromatic carbocycles. The Hall–Kier alpha value is -7.29. The van der Waals surface area contributed by atoms with Gasteiger partial charge in [0.15, 0.2) is 11.6 Å². The summed E-state index contributed by atoms with van der Waals surface area (Å²) in [6.45, 7) is 12.3. The van der Waals surface area contributed by atoms with E-state index in [4.69, 9.17) is 24.5 Å². The second kappa shape index (κ2) is 22.6. The van der Waals surface area contributed by atoms with Crippen molar-refractivity contribution in [3.8, 4) is 40.0 Å². The highest BCUT2D eigenvalue weighted by Gasteiger charge is 2.45. The number of imidazole rings is 1. The molecule has 1 aliphatic carbocycles. The van der Waals surface area contributed by atoms with Crippen molar-refractivity contribution in [2.24, 2.45) is 13.0 Å². The fourth-order valence-corrected chi connectivity index (χ4v) is 12.3. The number of nitrogens with zero attached hydrogens (tertiary/aromatic N) is 10. The first-order valence-electron chi connectivity index (χ1n) is 27.6. The first-order chi connectivity index (χ1) is 37.7. The van der Waals surface area contributed by atoms with Crippen LogP contribution in [-0.2, 0) is 21.4 Å². The fraction of sp³-hybridized carbons (Fsp3) is 0.500. The first-order valence-corrected chi connectivity index (χ1v) is 27.6. The molecule has 412 valence electrons. The number of ether oxygens (including phenoxy) is 3. The Kier molecular flexibility index (Phi) is 15.3. The van der Waals surface area contributed by atoms with E-state index in [1.165, 1.54) is 4.90 Å². The summed E-state index contributed by atoms with van der Waals surface area (Å²) in [4.78, 5) is 45.7. The zero-order chi connectivity index (χ0) is 54.2. The van der Waals surface area contributed by atoms with Gasteiger partial charge in [-0.1, -0.05) is 50.2 Å². The number of benzene rings is 2. The number of nitrogens with two attached hydrogens (primary N) is 1. The van der Waals surface area contributed by atoms with Crippen LogP contribution in [0, 0.1) is 12.8 Å². The van der Waals surface area contributed by atoms with Gasteiger partial charge in [0.25, 0.3) is 5.88 Å². The van der Waals surface area contributed by atoms with Crippen molar-refractivity contribution in [2.75, 3.05) is 61.4 Å². The van der Waals surface area contributed by atoms with Gasteiger partial charge in [-0.2, -0.15) is 0 Å². The molecule has 5 aliphatic rings. The lowest BCUT2D eigenvalue weighted by Gasteiger charge is -2.43. The maximum Gasteiger partial charge on any atom is 0.254 e. The molecule has 1 unspecified atom stereocenters. The van der Waals surface area contributed by atoms with Crippen LogP contribution in [0.4, 0.5) is 17.2 Å². The number of piperazine rings is 1. The number of phenols is 1. The second-order valence-corrected chi connectivity index (χ2v) is 22.3. The van der Waals surface area contributed by atoms with Gasteiger partial charge in [-0.3, -0.25) is 14.5 Å². The topological polar surface area (TPSA) is 236 Å². The lowest BCUT2D eigenvalue weighted by Crippen LogP contribution is -2.54. The van der Waals surface area contributed by atoms with Crippen molar-refractivity contribution < 1.29 is 38.5 Å². The Morgan fingerprint density at radius 2 is 1.63 bits per heavy atom. The number of aryl methyl sites for hydroxylation is 2. The number of aliphatic hydroxyl groups excluding tert-OH is 1. The summed E-state index contributed by atoms with van der Waals surface area (Å²) < 4.78 is 26.8. The first kappa shape index (κ1) is 52.7. The molecular formula is C58H72N12O8. The Labute approximate surface area is 454 Å². The zero-order valence-electron chi connectivity index (χ0n) is 45.1. The molecule has 1 saturated carbocycles. The number of aliphatic hydroxyl groups is 1. The van der Waals surface area contributed by atoms with Crippen molar-refractivity contribution >= 4 is 29.0 Å². The van der Waals surface area contributed by atoms with E-state index in [-0.39, 0.29) is 72.9 Å². The number of hydrogen-bond donors (Lipinski definition) is 4. The van der Waals surface area contributed by atoms with Gasteiger partial charge in [0.2, 0.25) is 17.7 Å². The van der Waals surface area contributed by atoms with E-state index in [1.807, 2.05) is 88.0 Å². The maximum atomic E-state index is 14.3. The Morgan fingerprint density at radius 1 is 0.872 bits per heavy atom. The lowest BCUT2D eigenvalue weighted by atomic mass is 9.91. The largest absolute Gasteiger partial charge is 0.507 e. The molecule has 2 amide bonds. The van der Waals surface area contributed by atoms with E-state index in [0.29, 0.717) is 47.7 Å². The second-order valence-electron chi connectivity index (χ2n) is 22.3. The summed E-state index contributed by atoms with van der Waals surface area (Å²) in [6, 6.07) is 22.3. The number of pyridine rings is 1. The lowest BCUT2D eigenvalue weighted by molar-refractivity contribution is -0.141. The smallest absolute Gasteiger partial charge is 0.254 e. The van der Waals surface area contributed by atoms with Crippen molar-refractivity contribution in [3.05, 3.63) is 102 Å². The molecule has 8 heterocycles. The predicted octanol–water partition coefficient (Wildman–Crippen LogP) is 6.43. The van der Waals surface area contributed by atoms with Gasteiger partial charge in [-0.25, -0.2) is 9.97 Å².